The Morgan fingerprint density at radius 2 is 1.85 bits per heavy atom. The Hall–Kier alpha value is -1.99. The summed E-state index contributed by atoms with van der Waals surface area (Å²) in [5.41, 5.74) is 0.510. The molecular formula is C13H20N2O5. The van der Waals surface area contributed by atoms with Gasteiger partial charge in [-0.1, -0.05) is 0 Å². The standard InChI is InChI=1S/C13H20N2O5/c1-17-9-5-6-11(18-2)10(7-9)15-13(16)14-8-12(19-3)20-4/h5-7,12H,8H2,1-4H3,(H2,14,15,16). The number of carbonyl (C=O) groups excluding carboxylic acids is 1. The number of rotatable bonds is 7. The van der Waals surface area contributed by atoms with Crippen LogP contribution in [0.25, 0.3) is 0 Å². The predicted octanol–water partition coefficient (Wildman–Crippen LogP) is 1.44. The molecule has 0 saturated heterocycles. The Kier molecular flexibility index (Phi) is 6.61. The van der Waals surface area contributed by atoms with Gasteiger partial charge in [0.15, 0.2) is 6.29 Å². The van der Waals surface area contributed by atoms with Crippen LogP contribution in [0, 0.1) is 0 Å². The third kappa shape index (κ3) is 4.60. The Bertz CT molecular complexity index is 435. The number of urea groups is 1. The first kappa shape index (κ1) is 16.1. The number of benzene rings is 1. The molecule has 0 aromatic heterocycles. The quantitative estimate of drug-likeness (QED) is 0.741. The van der Waals surface area contributed by atoms with E-state index in [1.165, 1.54) is 21.3 Å². The zero-order valence-electron chi connectivity index (χ0n) is 12.1. The SMILES string of the molecule is COc1ccc(OC)c(NC(=O)NCC(OC)OC)c1. The maximum absolute atomic E-state index is 11.8. The molecule has 2 N–H and O–H groups in total. The summed E-state index contributed by atoms with van der Waals surface area (Å²) in [7, 11) is 6.07. The lowest BCUT2D eigenvalue weighted by Gasteiger charge is -2.15. The van der Waals surface area contributed by atoms with Crippen molar-refractivity contribution in [3.63, 3.8) is 0 Å². The Balaban J connectivity index is 2.64. The lowest BCUT2D eigenvalue weighted by Crippen LogP contribution is -2.36. The third-order valence-electron chi connectivity index (χ3n) is 2.61. The van der Waals surface area contributed by atoms with Crippen LogP contribution in [0.15, 0.2) is 18.2 Å². The number of carbonyl (C=O) groups is 1. The largest absolute Gasteiger partial charge is 0.497 e. The van der Waals surface area contributed by atoms with Crippen molar-refractivity contribution >= 4 is 11.7 Å². The van der Waals surface area contributed by atoms with Gasteiger partial charge < -0.3 is 29.6 Å². The second kappa shape index (κ2) is 8.23. The van der Waals surface area contributed by atoms with Crippen molar-refractivity contribution in [2.45, 2.75) is 6.29 Å². The van der Waals surface area contributed by atoms with Crippen molar-refractivity contribution in [1.29, 1.82) is 0 Å². The van der Waals surface area contributed by atoms with E-state index in [0.29, 0.717) is 17.2 Å². The number of hydrogen-bond donors (Lipinski definition) is 2. The molecule has 1 aromatic rings. The van der Waals surface area contributed by atoms with Gasteiger partial charge in [0.25, 0.3) is 0 Å². The smallest absolute Gasteiger partial charge is 0.319 e. The van der Waals surface area contributed by atoms with Crippen LogP contribution < -0.4 is 20.1 Å². The fourth-order valence-corrected chi connectivity index (χ4v) is 1.52. The number of amides is 2. The lowest BCUT2D eigenvalue weighted by molar-refractivity contribution is -0.0970. The fraction of sp³-hybridized carbons (Fsp3) is 0.462. The summed E-state index contributed by atoms with van der Waals surface area (Å²) < 4.78 is 20.2. The molecule has 0 spiro atoms. The van der Waals surface area contributed by atoms with Gasteiger partial charge in [0.2, 0.25) is 0 Å². The Morgan fingerprint density at radius 1 is 1.15 bits per heavy atom. The summed E-state index contributed by atoms with van der Waals surface area (Å²) in [4.78, 5) is 11.8. The molecule has 0 bridgehead atoms. The summed E-state index contributed by atoms with van der Waals surface area (Å²) in [5.74, 6) is 1.16. The maximum atomic E-state index is 11.8. The molecule has 7 nitrogen and oxygen atoms in total. The van der Waals surface area contributed by atoms with Crippen molar-refractivity contribution in [3.8, 4) is 11.5 Å². The van der Waals surface area contributed by atoms with E-state index in [2.05, 4.69) is 10.6 Å². The van der Waals surface area contributed by atoms with Gasteiger partial charge in [0.1, 0.15) is 11.5 Å². The topological polar surface area (TPSA) is 78.1 Å². The van der Waals surface area contributed by atoms with E-state index in [9.17, 15) is 4.79 Å². The maximum Gasteiger partial charge on any atom is 0.319 e. The summed E-state index contributed by atoms with van der Waals surface area (Å²) in [6, 6.07) is 4.73. The molecule has 0 aliphatic heterocycles. The number of anilines is 1. The summed E-state index contributed by atoms with van der Waals surface area (Å²) in [5, 5.41) is 5.30. The predicted molar refractivity (Wildman–Crippen MR) is 74.4 cm³/mol. The normalized spacial score (nSPS) is 10.2. The summed E-state index contributed by atoms with van der Waals surface area (Å²) in [6.45, 7) is 0.227. The van der Waals surface area contributed by atoms with Crippen LogP contribution in [0.2, 0.25) is 0 Å². The second-order valence-electron chi connectivity index (χ2n) is 3.80. The first-order chi connectivity index (χ1) is 9.64. The molecule has 1 aromatic carbocycles. The van der Waals surface area contributed by atoms with Gasteiger partial charge in [0.05, 0.1) is 26.5 Å². The van der Waals surface area contributed by atoms with Crippen LogP contribution in [0.5, 0.6) is 11.5 Å². The molecule has 0 aliphatic rings. The molecule has 0 heterocycles. The van der Waals surface area contributed by atoms with Crippen LogP contribution in [0.1, 0.15) is 0 Å². The summed E-state index contributed by atoms with van der Waals surface area (Å²) >= 11 is 0. The highest BCUT2D eigenvalue weighted by Crippen LogP contribution is 2.28. The zero-order valence-corrected chi connectivity index (χ0v) is 12.1. The number of methoxy groups -OCH3 is 4. The molecule has 0 unspecified atom stereocenters. The molecule has 1 rings (SSSR count). The van der Waals surface area contributed by atoms with Gasteiger partial charge in [-0.25, -0.2) is 4.79 Å². The van der Waals surface area contributed by atoms with Crippen molar-refractivity contribution in [2.75, 3.05) is 40.3 Å². The number of hydrogen-bond acceptors (Lipinski definition) is 5. The van der Waals surface area contributed by atoms with Crippen molar-refractivity contribution in [3.05, 3.63) is 18.2 Å². The van der Waals surface area contributed by atoms with Gasteiger partial charge in [-0.15, -0.1) is 0 Å². The van der Waals surface area contributed by atoms with E-state index in [4.69, 9.17) is 18.9 Å². The van der Waals surface area contributed by atoms with Crippen molar-refractivity contribution in [2.24, 2.45) is 0 Å². The number of nitrogens with one attached hydrogen (secondary N) is 2. The van der Waals surface area contributed by atoms with E-state index >= 15 is 0 Å². The molecule has 7 heteroatoms. The number of ether oxygens (including phenoxy) is 4. The molecule has 20 heavy (non-hydrogen) atoms. The molecule has 0 atom stereocenters. The Labute approximate surface area is 118 Å². The minimum Gasteiger partial charge on any atom is -0.497 e. The van der Waals surface area contributed by atoms with Crippen LogP contribution in [-0.2, 0) is 9.47 Å². The van der Waals surface area contributed by atoms with E-state index in [0.717, 1.165) is 0 Å². The molecule has 112 valence electrons. The minimum absolute atomic E-state index is 0.227. The third-order valence-corrected chi connectivity index (χ3v) is 2.61. The fourth-order valence-electron chi connectivity index (χ4n) is 1.52. The van der Waals surface area contributed by atoms with Gasteiger partial charge in [-0.2, -0.15) is 0 Å². The molecule has 0 fully saturated rings. The first-order valence-corrected chi connectivity index (χ1v) is 5.97. The molecule has 0 radical (unpaired) electrons. The molecule has 2 amide bonds. The van der Waals surface area contributed by atoms with E-state index < -0.39 is 12.3 Å². The lowest BCUT2D eigenvalue weighted by atomic mass is 10.2. The monoisotopic (exact) mass is 284 g/mol. The zero-order chi connectivity index (χ0) is 15.0. The summed E-state index contributed by atoms with van der Waals surface area (Å²) in [6.07, 6.45) is -0.493. The highest BCUT2D eigenvalue weighted by atomic mass is 16.7. The molecular weight excluding hydrogens is 264 g/mol. The highest BCUT2D eigenvalue weighted by molar-refractivity contribution is 5.91. The average Bonchev–Trinajstić information content (AvgIpc) is 2.48. The van der Waals surface area contributed by atoms with Crippen LogP contribution in [0.3, 0.4) is 0 Å². The van der Waals surface area contributed by atoms with Gasteiger partial charge in [-0.05, 0) is 12.1 Å². The van der Waals surface area contributed by atoms with E-state index in [-0.39, 0.29) is 6.54 Å². The molecule has 0 aliphatic carbocycles. The van der Waals surface area contributed by atoms with Crippen molar-refractivity contribution < 1.29 is 23.7 Å². The van der Waals surface area contributed by atoms with Gasteiger partial charge in [-0.3, -0.25) is 0 Å². The van der Waals surface area contributed by atoms with Gasteiger partial charge in [0, 0.05) is 20.3 Å². The van der Waals surface area contributed by atoms with Crippen LogP contribution in [0.4, 0.5) is 10.5 Å². The van der Waals surface area contributed by atoms with Crippen molar-refractivity contribution in [1.82, 2.24) is 5.32 Å². The average molecular weight is 284 g/mol. The van der Waals surface area contributed by atoms with Crippen LogP contribution in [-0.4, -0.2) is 47.3 Å². The minimum atomic E-state index is -0.493. The van der Waals surface area contributed by atoms with Crippen LogP contribution >= 0.6 is 0 Å². The van der Waals surface area contributed by atoms with E-state index in [1.807, 2.05) is 0 Å². The first-order valence-electron chi connectivity index (χ1n) is 5.97. The Morgan fingerprint density at radius 3 is 2.40 bits per heavy atom. The van der Waals surface area contributed by atoms with Gasteiger partial charge >= 0.3 is 6.03 Å². The second-order valence-corrected chi connectivity index (χ2v) is 3.80. The molecule has 0 saturated carbocycles. The van der Waals surface area contributed by atoms with E-state index in [1.54, 1.807) is 25.3 Å². The highest BCUT2D eigenvalue weighted by Gasteiger charge is 2.11.